The lowest BCUT2D eigenvalue weighted by Gasteiger charge is -2.32. The van der Waals surface area contributed by atoms with Crippen molar-refractivity contribution in [2.45, 2.75) is 38.7 Å². The molecule has 0 unspecified atom stereocenters. The third-order valence-corrected chi connectivity index (χ3v) is 4.74. The second-order valence-electron chi connectivity index (χ2n) is 7.43. The van der Waals surface area contributed by atoms with Crippen LogP contribution in [0.4, 0.5) is 5.69 Å². The Hall–Kier alpha value is -2.98. The minimum absolute atomic E-state index is 0.143. The molecule has 3 rings (SSSR count). The fraction of sp³-hybridized carbons (Fsp3) is 0.364. The van der Waals surface area contributed by atoms with E-state index in [2.05, 4.69) is 35.0 Å². The van der Waals surface area contributed by atoms with Gasteiger partial charge in [-0.05, 0) is 67.7 Å². The van der Waals surface area contributed by atoms with Crippen molar-refractivity contribution in [3.05, 3.63) is 69.9 Å². The van der Waals surface area contributed by atoms with Gasteiger partial charge >= 0.3 is 0 Å². The smallest absolute Gasteiger partial charge is 0.265 e. The summed E-state index contributed by atoms with van der Waals surface area (Å²) in [5.41, 5.74) is 4.26. The van der Waals surface area contributed by atoms with Gasteiger partial charge in [0.2, 0.25) is 0 Å². The molecule has 0 bridgehead atoms. The first-order chi connectivity index (χ1) is 12.4. The molecule has 1 aromatic carbocycles. The Balaban J connectivity index is 1.89. The molecule has 0 spiro atoms. The number of nitrogens with zero attached hydrogens (tertiary/aromatic N) is 3. The summed E-state index contributed by atoms with van der Waals surface area (Å²) in [5, 5.41) is 9.16. The summed E-state index contributed by atoms with van der Waals surface area (Å²) in [7, 11) is 2.13. The van der Waals surface area contributed by atoms with E-state index in [1.807, 2.05) is 38.1 Å². The molecule has 0 radical (unpaired) electrons. The van der Waals surface area contributed by atoms with E-state index in [0.29, 0.717) is 12.2 Å². The van der Waals surface area contributed by atoms with Crippen molar-refractivity contribution in [1.82, 2.24) is 0 Å². The number of aryl methyl sites for hydroxylation is 1. The number of hydrogen-bond donors (Lipinski definition) is 0. The molecule has 0 saturated heterocycles. The molecular formula is C22H23N3O. The van der Waals surface area contributed by atoms with E-state index in [1.54, 1.807) is 0 Å². The Morgan fingerprint density at radius 1 is 1.38 bits per heavy atom. The summed E-state index contributed by atoms with van der Waals surface area (Å²) >= 11 is 0. The number of allylic oxidation sites excluding steroid dienone is 3. The van der Waals surface area contributed by atoms with E-state index >= 15 is 0 Å². The van der Waals surface area contributed by atoms with Crippen molar-refractivity contribution in [2.24, 2.45) is 0 Å². The number of benzene rings is 1. The van der Waals surface area contributed by atoms with E-state index in [0.717, 1.165) is 24.1 Å². The number of anilines is 1. The second kappa shape index (κ2) is 7.10. The van der Waals surface area contributed by atoms with E-state index in [4.69, 9.17) is 16.6 Å². The van der Waals surface area contributed by atoms with Gasteiger partial charge in [-0.2, -0.15) is 0 Å². The van der Waals surface area contributed by atoms with Gasteiger partial charge < -0.3 is 9.64 Å². The molecule has 4 nitrogen and oxygen atoms in total. The zero-order valence-electron chi connectivity index (χ0n) is 15.5. The monoisotopic (exact) mass is 345 g/mol. The van der Waals surface area contributed by atoms with Crippen LogP contribution in [0.25, 0.3) is 10.9 Å². The molecule has 2 heterocycles. The summed E-state index contributed by atoms with van der Waals surface area (Å²) in [5.74, 6) is 0.683. The lowest BCUT2D eigenvalue weighted by atomic mass is 9.93. The van der Waals surface area contributed by atoms with Crippen LogP contribution >= 0.6 is 0 Å². The highest BCUT2D eigenvalue weighted by Gasteiger charge is 2.27. The Morgan fingerprint density at radius 2 is 2.19 bits per heavy atom. The molecule has 0 aliphatic carbocycles. The lowest BCUT2D eigenvalue weighted by molar-refractivity contribution is 0.0356. The fourth-order valence-corrected chi connectivity index (χ4v) is 3.56. The number of hydrogen-bond acceptors (Lipinski definition) is 3. The van der Waals surface area contributed by atoms with Crippen LogP contribution in [-0.4, -0.2) is 19.2 Å². The Kier molecular flexibility index (Phi) is 4.87. The van der Waals surface area contributed by atoms with Gasteiger partial charge in [-0.25, -0.2) is 10.1 Å². The van der Waals surface area contributed by atoms with Gasteiger partial charge in [0.25, 0.3) is 5.70 Å². The summed E-state index contributed by atoms with van der Waals surface area (Å²) in [4.78, 5) is 5.64. The van der Waals surface area contributed by atoms with E-state index < -0.39 is 5.60 Å². The molecule has 2 aliphatic heterocycles. The van der Waals surface area contributed by atoms with Crippen molar-refractivity contribution in [3.63, 3.8) is 0 Å². The third-order valence-electron chi connectivity index (χ3n) is 4.74. The molecule has 0 saturated carbocycles. The fourth-order valence-electron chi connectivity index (χ4n) is 3.56. The largest absolute Gasteiger partial charge is 0.488 e. The van der Waals surface area contributed by atoms with Gasteiger partial charge in [0, 0.05) is 25.7 Å². The number of nitriles is 1. The average molecular weight is 345 g/mol. The van der Waals surface area contributed by atoms with Gasteiger partial charge in [0.1, 0.15) is 11.4 Å². The second-order valence-corrected chi connectivity index (χ2v) is 7.43. The highest BCUT2D eigenvalue weighted by Crippen LogP contribution is 2.33. The first kappa shape index (κ1) is 17.8. The molecule has 132 valence electrons. The first-order valence-corrected chi connectivity index (χ1v) is 8.85. The van der Waals surface area contributed by atoms with Gasteiger partial charge in [-0.1, -0.05) is 12.1 Å². The van der Waals surface area contributed by atoms with E-state index in [9.17, 15) is 0 Å². The van der Waals surface area contributed by atoms with Gasteiger partial charge in [-0.15, -0.1) is 0 Å². The number of rotatable bonds is 2. The molecule has 4 heteroatoms. The van der Waals surface area contributed by atoms with E-state index in [-0.39, 0.29) is 5.70 Å². The minimum atomic E-state index is -0.435. The summed E-state index contributed by atoms with van der Waals surface area (Å²) < 4.78 is 6.01. The lowest BCUT2D eigenvalue weighted by Crippen LogP contribution is -2.27. The van der Waals surface area contributed by atoms with Crippen molar-refractivity contribution in [3.8, 4) is 6.07 Å². The van der Waals surface area contributed by atoms with Crippen LogP contribution in [0, 0.1) is 17.9 Å². The zero-order chi connectivity index (χ0) is 18.7. The topological polar surface area (TPSA) is 40.6 Å². The summed E-state index contributed by atoms with van der Waals surface area (Å²) in [6.07, 6.45) is 8.61. The molecule has 0 amide bonds. The zero-order valence-corrected chi connectivity index (χ0v) is 15.5. The van der Waals surface area contributed by atoms with Gasteiger partial charge in [-0.3, -0.25) is 0 Å². The average Bonchev–Trinajstić information content (AvgIpc) is 2.60. The molecule has 26 heavy (non-hydrogen) atoms. The minimum Gasteiger partial charge on any atom is -0.488 e. The Labute approximate surface area is 155 Å². The number of fused-ring (bicyclic) bond motifs is 1. The van der Waals surface area contributed by atoms with Crippen molar-refractivity contribution in [1.29, 1.82) is 5.26 Å². The van der Waals surface area contributed by atoms with Crippen LogP contribution in [0.2, 0.25) is 0 Å². The highest BCUT2D eigenvalue weighted by molar-refractivity contribution is 5.63. The molecule has 0 aromatic heterocycles. The standard InChI is InChI=1S/C22H23N3O/c1-22(2)14-18(20(15-23)24-3)13-19(26-22)9-7-16-8-10-21-17(12-16)6-5-11-25(21)4/h7-10,12-13H,5-6,11,14H2,1-2,4H3/b9-7+,20-18+. The first-order valence-electron chi connectivity index (χ1n) is 8.85. The number of ether oxygens (including phenoxy) is 1. The molecule has 2 aliphatic rings. The predicted molar refractivity (Wildman–Crippen MR) is 104 cm³/mol. The van der Waals surface area contributed by atoms with Crippen molar-refractivity contribution in [2.75, 3.05) is 18.5 Å². The summed E-state index contributed by atoms with van der Waals surface area (Å²) in [6, 6.07) is 8.50. The maximum atomic E-state index is 9.16. The summed E-state index contributed by atoms with van der Waals surface area (Å²) in [6.45, 7) is 12.2. The molecule has 0 fully saturated rings. The quantitative estimate of drug-likeness (QED) is 0.567. The van der Waals surface area contributed by atoms with Crippen LogP contribution in [0.3, 0.4) is 0 Å². The van der Waals surface area contributed by atoms with Crippen LogP contribution in [0.15, 0.2) is 47.4 Å². The highest BCUT2D eigenvalue weighted by atomic mass is 16.5. The third kappa shape index (κ3) is 3.81. The van der Waals surface area contributed by atoms with Gasteiger partial charge in [0.15, 0.2) is 0 Å². The van der Waals surface area contributed by atoms with Crippen LogP contribution in [0.5, 0.6) is 0 Å². The predicted octanol–water partition coefficient (Wildman–Crippen LogP) is 4.86. The Morgan fingerprint density at radius 3 is 2.92 bits per heavy atom. The van der Waals surface area contributed by atoms with Crippen LogP contribution in [-0.2, 0) is 11.2 Å². The van der Waals surface area contributed by atoms with E-state index in [1.165, 1.54) is 17.7 Å². The Bertz CT molecular complexity index is 875. The van der Waals surface area contributed by atoms with Crippen LogP contribution in [0.1, 0.15) is 37.8 Å². The maximum absolute atomic E-state index is 9.16. The molecular weight excluding hydrogens is 322 g/mol. The van der Waals surface area contributed by atoms with Crippen molar-refractivity contribution >= 4 is 11.8 Å². The SMILES string of the molecule is [C-]#[N+]/C(C#N)=C1C=C(/C=C/c2ccc3c(c2)CCCN3C)OC(C)(C)C\1. The maximum Gasteiger partial charge on any atom is 0.265 e. The van der Waals surface area contributed by atoms with Crippen LogP contribution < -0.4 is 4.90 Å². The van der Waals surface area contributed by atoms with Gasteiger partial charge in [0.05, 0.1) is 12.6 Å². The molecule has 0 N–H and O–H groups in total. The molecule has 0 atom stereocenters. The normalized spacial score (nSPS) is 20.5. The molecule has 1 aromatic rings. The van der Waals surface area contributed by atoms with Crippen molar-refractivity contribution < 1.29 is 4.74 Å².